The summed E-state index contributed by atoms with van der Waals surface area (Å²) >= 11 is 0. The van der Waals surface area contributed by atoms with E-state index in [9.17, 15) is 27.6 Å². The molecule has 0 aromatic heterocycles. The number of hydrogen-bond donors (Lipinski definition) is 1. The Balaban J connectivity index is 2.94. The number of carbonyl (C=O) groups excluding carboxylic acids is 3. The third-order valence-electron chi connectivity index (χ3n) is 2.82. The van der Waals surface area contributed by atoms with Gasteiger partial charge in [-0.25, -0.2) is 9.69 Å². The number of carbonyl (C=O) groups is 3. The average Bonchev–Trinajstić information content (AvgIpc) is 2.46. The molecule has 0 heterocycles. The molecular formula is C15H17F3N2O4. The Labute approximate surface area is 136 Å². The number of hydrogen-bond acceptors (Lipinski definition) is 4. The fourth-order valence-corrected chi connectivity index (χ4v) is 1.70. The minimum absolute atomic E-state index is 0.0166. The van der Waals surface area contributed by atoms with Gasteiger partial charge in [0.2, 0.25) is 5.91 Å². The minimum Gasteiger partial charge on any atom is -0.410 e. The summed E-state index contributed by atoms with van der Waals surface area (Å²) in [4.78, 5) is 34.6. The number of benzene rings is 1. The van der Waals surface area contributed by atoms with Gasteiger partial charge in [-0.2, -0.15) is 13.2 Å². The molecule has 0 atom stereocenters. The molecule has 0 bridgehead atoms. The zero-order valence-corrected chi connectivity index (χ0v) is 13.3. The van der Waals surface area contributed by atoms with Crippen LogP contribution in [0.5, 0.6) is 5.75 Å². The van der Waals surface area contributed by atoms with Crippen molar-refractivity contribution in [3.63, 3.8) is 0 Å². The molecule has 0 unspecified atom stereocenters. The molecule has 1 aromatic rings. The maximum absolute atomic E-state index is 12.6. The predicted octanol–water partition coefficient (Wildman–Crippen LogP) is 3.33. The molecule has 0 radical (unpaired) electrons. The Kier molecular flexibility index (Phi) is 6.33. The van der Waals surface area contributed by atoms with Crippen LogP contribution in [-0.4, -0.2) is 35.0 Å². The number of imide groups is 1. The second-order valence-electron chi connectivity index (χ2n) is 5.06. The molecule has 0 fully saturated rings. The SMILES string of the molecule is CCC(=O)Nc1cccc(OC(=O)N(C(=O)C(F)(F)F)C(C)C)c1. The number of ether oxygens (including phenoxy) is 1. The van der Waals surface area contributed by atoms with Gasteiger partial charge < -0.3 is 10.1 Å². The van der Waals surface area contributed by atoms with Crippen molar-refractivity contribution in [2.45, 2.75) is 39.4 Å². The topological polar surface area (TPSA) is 75.7 Å². The molecule has 0 aliphatic rings. The Bertz CT molecular complexity index is 629. The normalized spacial score (nSPS) is 11.1. The van der Waals surface area contributed by atoms with Gasteiger partial charge in [0.05, 0.1) is 0 Å². The van der Waals surface area contributed by atoms with Gasteiger partial charge in [-0.15, -0.1) is 0 Å². The fraction of sp³-hybridized carbons (Fsp3) is 0.400. The van der Waals surface area contributed by atoms with E-state index in [1.807, 2.05) is 0 Å². The molecule has 1 rings (SSSR count). The largest absolute Gasteiger partial charge is 0.471 e. The summed E-state index contributed by atoms with van der Waals surface area (Å²) in [5, 5.41) is 2.51. The van der Waals surface area contributed by atoms with E-state index in [-0.39, 0.29) is 23.0 Å². The van der Waals surface area contributed by atoms with Gasteiger partial charge in [0.1, 0.15) is 5.75 Å². The lowest BCUT2D eigenvalue weighted by Crippen LogP contribution is -2.49. The first-order valence-corrected chi connectivity index (χ1v) is 7.08. The van der Waals surface area contributed by atoms with E-state index < -0.39 is 24.2 Å². The zero-order valence-electron chi connectivity index (χ0n) is 13.3. The van der Waals surface area contributed by atoms with Crippen LogP contribution in [0.4, 0.5) is 23.7 Å². The van der Waals surface area contributed by atoms with Crippen molar-refractivity contribution in [2.24, 2.45) is 0 Å². The summed E-state index contributed by atoms with van der Waals surface area (Å²) in [5.41, 5.74) is 0.311. The Morgan fingerprint density at radius 3 is 2.38 bits per heavy atom. The highest BCUT2D eigenvalue weighted by Gasteiger charge is 2.46. The van der Waals surface area contributed by atoms with E-state index in [1.54, 1.807) is 6.92 Å². The van der Waals surface area contributed by atoms with E-state index in [0.29, 0.717) is 5.69 Å². The lowest BCUT2D eigenvalue weighted by molar-refractivity contribution is -0.184. The van der Waals surface area contributed by atoms with E-state index >= 15 is 0 Å². The van der Waals surface area contributed by atoms with Crippen LogP contribution in [0.1, 0.15) is 27.2 Å². The molecule has 6 nitrogen and oxygen atoms in total. The monoisotopic (exact) mass is 346 g/mol. The minimum atomic E-state index is -5.19. The Morgan fingerprint density at radius 1 is 1.25 bits per heavy atom. The fourth-order valence-electron chi connectivity index (χ4n) is 1.70. The van der Waals surface area contributed by atoms with Crippen LogP contribution in [0.3, 0.4) is 0 Å². The van der Waals surface area contributed by atoms with E-state index in [1.165, 1.54) is 38.1 Å². The van der Waals surface area contributed by atoms with Crippen LogP contribution < -0.4 is 10.1 Å². The second-order valence-corrected chi connectivity index (χ2v) is 5.06. The molecule has 9 heteroatoms. The van der Waals surface area contributed by atoms with Gasteiger partial charge in [-0.05, 0) is 26.0 Å². The highest BCUT2D eigenvalue weighted by atomic mass is 19.4. The summed E-state index contributed by atoms with van der Waals surface area (Å²) in [6, 6.07) is 4.50. The van der Waals surface area contributed by atoms with Crippen LogP contribution in [0, 0.1) is 0 Å². The molecule has 0 saturated heterocycles. The van der Waals surface area contributed by atoms with Gasteiger partial charge in [0.25, 0.3) is 0 Å². The molecule has 24 heavy (non-hydrogen) atoms. The maximum Gasteiger partial charge on any atom is 0.471 e. The summed E-state index contributed by atoms with van der Waals surface area (Å²) in [6.07, 6.45) is -6.42. The van der Waals surface area contributed by atoms with Gasteiger partial charge in [-0.3, -0.25) is 9.59 Å². The molecule has 0 saturated carbocycles. The van der Waals surface area contributed by atoms with Crippen LogP contribution in [0.2, 0.25) is 0 Å². The first kappa shape index (κ1) is 19.5. The quantitative estimate of drug-likeness (QED) is 0.907. The lowest BCUT2D eigenvalue weighted by Gasteiger charge is -2.24. The van der Waals surface area contributed by atoms with Crippen LogP contribution >= 0.6 is 0 Å². The standard InChI is InChI=1S/C15H17F3N2O4/c1-4-12(21)19-10-6-5-7-11(8-10)24-14(23)20(9(2)3)13(22)15(16,17)18/h5-9H,4H2,1-3H3,(H,19,21). The number of anilines is 1. The maximum atomic E-state index is 12.6. The number of amides is 3. The Morgan fingerprint density at radius 2 is 1.88 bits per heavy atom. The highest BCUT2D eigenvalue weighted by molar-refractivity contribution is 5.96. The van der Waals surface area contributed by atoms with Crippen LogP contribution in [-0.2, 0) is 9.59 Å². The highest BCUT2D eigenvalue weighted by Crippen LogP contribution is 2.23. The number of halogens is 3. The lowest BCUT2D eigenvalue weighted by atomic mass is 10.3. The first-order valence-electron chi connectivity index (χ1n) is 7.08. The predicted molar refractivity (Wildman–Crippen MR) is 79.4 cm³/mol. The molecule has 0 aliphatic carbocycles. The summed E-state index contributed by atoms with van der Waals surface area (Å²) < 4.78 is 42.5. The Hall–Kier alpha value is -2.58. The number of alkyl halides is 3. The second kappa shape index (κ2) is 7.80. The van der Waals surface area contributed by atoms with Gasteiger partial charge in [-0.1, -0.05) is 13.0 Å². The average molecular weight is 346 g/mol. The van der Waals surface area contributed by atoms with Crippen molar-refractivity contribution >= 4 is 23.6 Å². The van der Waals surface area contributed by atoms with E-state index in [0.717, 1.165) is 0 Å². The summed E-state index contributed by atoms with van der Waals surface area (Å²) in [5.74, 6) is -2.69. The van der Waals surface area contributed by atoms with Gasteiger partial charge in [0.15, 0.2) is 0 Å². The number of nitrogens with one attached hydrogen (secondary N) is 1. The smallest absolute Gasteiger partial charge is 0.410 e. The molecule has 1 N–H and O–H groups in total. The molecule has 132 valence electrons. The van der Waals surface area contributed by atoms with Crippen molar-refractivity contribution in [1.82, 2.24) is 4.90 Å². The number of rotatable bonds is 4. The summed E-state index contributed by atoms with van der Waals surface area (Å²) in [6.45, 7) is 4.15. The molecule has 1 aromatic carbocycles. The molecular weight excluding hydrogens is 329 g/mol. The zero-order chi connectivity index (χ0) is 18.5. The van der Waals surface area contributed by atoms with Crippen molar-refractivity contribution in [2.75, 3.05) is 5.32 Å². The van der Waals surface area contributed by atoms with Gasteiger partial charge >= 0.3 is 18.2 Å². The van der Waals surface area contributed by atoms with Crippen LogP contribution in [0.15, 0.2) is 24.3 Å². The summed E-state index contributed by atoms with van der Waals surface area (Å²) in [7, 11) is 0. The van der Waals surface area contributed by atoms with E-state index in [4.69, 9.17) is 4.74 Å². The van der Waals surface area contributed by atoms with Crippen LogP contribution in [0.25, 0.3) is 0 Å². The molecule has 0 spiro atoms. The third-order valence-corrected chi connectivity index (χ3v) is 2.82. The van der Waals surface area contributed by atoms with Gasteiger partial charge in [0, 0.05) is 24.2 Å². The third kappa shape index (κ3) is 5.25. The molecule has 3 amide bonds. The van der Waals surface area contributed by atoms with Crippen molar-refractivity contribution in [3.8, 4) is 5.75 Å². The van der Waals surface area contributed by atoms with E-state index in [2.05, 4.69) is 5.32 Å². The molecule has 0 aliphatic heterocycles. The van der Waals surface area contributed by atoms with Crippen molar-refractivity contribution < 1.29 is 32.3 Å². The number of nitrogens with zero attached hydrogens (tertiary/aromatic N) is 1. The van der Waals surface area contributed by atoms with Crippen molar-refractivity contribution in [1.29, 1.82) is 0 Å². The first-order chi connectivity index (χ1) is 11.1. The van der Waals surface area contributed by atoms with Crippen molar-refractivity contribution in [3.05, 3.63) is 24.3 Å².